The van der Waals surface area contributed by atoms with Crippen LogP contribution in [0.25, 0.3) is 0 Å². The van der Waals surface area contributed by atoms with Crippen LogP contribution in [0.15, 0.2) is 18.2 Å². The van der Waals surface area contributed by atoms with Gasteiger partial charge in [0, 0.05) is 17.7 Å². The minimum absolute atomic E-state index is 0.0760. The molecule has 6 nitrogen and oxygen atoms in total. The van der Waals surface area contributed by atoms with E-state index in [2.05, 4.69) is 4.74 Å². The van der Waals surface area contributed by atoms with E-state index in [4.69, 9.17) is 5.11 Å². The molecule has 0 amide bonds. The lowest BCUT2D eigenvalue weighted by Gasteiger charge is -2.32. The summed E-state index contributed by atoms with van der Waals surface area (Å²) in [6, 6.07) is 3.08. The largest absolute Gasteiger partial charge is 0.481 e. The van der Waals surface area contributed by atoms with Gasteiger partial charge in [-0.05, 0) is 12.5 Å². The summed E-state index contributed by atoms with van der Waals surface area (Å²) in [5, 5.41) is 19.5. The number of carboxylic acid groups (broad SMARTS) is 1. The summed E-state index contributed by atoms with van der Waals surface area (Å²) in [6.07, 6.45) is -7.77. The van der Waals surface area contributed by atoms with Crippen LogP contribution in [0, 0.1) is 16.0 Å². The molecule has 108 valence electrons. The quantitative estimate of drug-likeness (QED) is 0.666. The predicted molar refractivity (Wildman–Crippen MR) is 58.4 cm³/mol. The van der Waals surface area contributed by atoms with Crippen LogP contribution in [0.5, 0.6) is 5.75 Å². The van der Waals surface area contributed by atoms with Crippen molar-refractivity contribution in [3.63, 3.8) is 0 Å². The number of nitro benzene ring substituents is 1. The number of aliphatic carboxylic acids is 1. The molecule has 0 aromatic heterocycles. The van der Waals surface area contributed by atoms with Crippen LogP contribution >= 0.6 is 0 Å². The number of halogens is 3. The van der Waals surface area contributed by atoms with Crippen molar-refractivity contribution in [3.8, 4) is 5.75 Å². The smallest absolute Gasteiger partial charge is 0.426 e. The Morgan fingerprint density at radius 2 is 2.10 bits per heavy atom. The van der Waals surface area contributed by atoms with Crippen molar-refractivity contribution in [2.24, 2.45) is 5.92 Å². The number of fused-ring (bicyclic) bond motifs is 1. The summed E-state index contributed by atoms with van der Waals surface area (Å²) >= 11 is 0. The van der Waals surface area contributed by atoms with E-state index in [-0.39, 0.29) is 17.0 Å². The number of ether oxygens (including phenoxy) is 1. The molecule has 0 bridgehead atoms. The van der Waals surface area contributed by atoms with Gasteiger partial charge >= 0.3 is 12.1 Å². The fourth-order valence-corrected chi connectivity index (χ4v) is 2.03. The molecule has 0 saturated carbocycles. The van der Waals surface area contributed by atoms with Crippen molar-refractivity contribution in [1.29, 1.82) is 0 Å². The zero-order valence-corrected chi connectivity index (χ0v) is 9.76. The second kappa shape index (κ2) is 4.66. The zero-order chi connectivity index (χ0) is 15.1. The maximum atomic E-state index is 12.8. The summed E-state index contributed by atoms with van der Waals surface area (Å²) in [4.78, 5) is 20.8. The van der Waals surface area contributed by atoms with E-state index in [1.807, 2.05) is 0 Å². The third-order valence-electron chi connectivity index (χ3n) is 2.95. The molecule has 0 fully saturated rings. The molecule has 2 rings (SSSR count). The highest BCUT2D eigenvalue weighted by Crippen LogP contribution is 2.39. The Kier molecular flexibility index (Phi) is 3.28. The van der Waals surface area contributed by atoms with Crippen molar-refractivity contribution < 1.29 is 32.7 Å². The van der Waals surface area contributed by atoms with Crippen LogP contribution in [0.4, 0.5) is 18.9 Å². The number of carboxylic acids is 1. The van der Waals surface area contributed by atoms with E-state index >= 15 is 0 Å². The standard InChI is InChI=1S/C11H8F3NO5/c12-11(13,14)9-7(10(16)17)4-5-3-6(15(18)19)1-2-8(5)20-9/h1-3,7,9H,4H2,(H,16,17)/t7-,9+/m1/s1. The first-order valence-electron chi connectivity index (χ1n) is 5.43. The van der Waals surface area contributed by atoms with Gasteiger partial charge in [0.2, 0.25) is 6.10 Å². The number of nitro groups is 1. The Hall–Kier alpha value is -2.32. The maximum absolute atomic E-state index is 12.8. The number of hydrogen-bond donors (Lipinski definition) is 1. The first-order valence-corrected chi connectivity index (χ1v) is 5.43. The molecule has 1 aliphatic heterocycles. The van der Waals surface area contributed by atoms with Crippen molar-refractivity contribution in [3.05, 3.63) is 33.9 Å². The van der Waals surface area contributed by atoms with Gasteiger partial charge < -0.3 is 9.84 Å². The Labute approximate surface area is 109 Å². The molecule has 0 saturated heterocycles. The van der Waals surface area contributed by atoms with Crippen LogP contribution in [0.2, 0.25) is 0 Å². The zero-order valence-electron chi connectivity index (χ0n) is 9.76. The van der Waals surface area contributed by atoms with Crippen molar-refractivity contribution in [2.45, 2.75) is 18.7 Å². The molecule has 0 unspecified atom stereocenters. The van der Waals surface area contributed by atoms with Crippen molar-refractivity contribution in [1.82, 2.24) is 0 Å². The molecule has 2 atom stereocenters. The molecule has 1 heterocycles. The summed E-state index contributed by atoms with van der Waals surface area (Å²) in [6.45, 7) is 0. The molecule has 0 spiro atoms. The highest BCUT2D eigenvalue weighted by Gasteiger charge is 2.52. The summed E-state index contributed by atoms with van der Waals surface area (Å²) in [5.41, 5.74) is -0.256. The first kappa shape index (κ1) is 14.1. The van der Waals surface area contributed by atoms with Crippen LogP contribution < -0.4 is 4.74 Å². The molecular formula is C11H8F3NO5. The minimum Gasteiger partial charge on any atom is -0.481 e. The van der Waals surface area contributed by atoms with E-state index in [0.717, 1.165) is 18.2 Å². The lowest BCUT2D eigenvalue weighted by molar-refractivity contribution is -0.385. The third-order valence-corrected chi connectivity index (χ3v) is 2.95. The maximum Gasteiger partial charge on any atom is 0.426 e. The Balaban J connectivity index is 2.42. The fourth-order valence-electron chi connectivity index (χ4n) is 2.03. The Bertz CT molecular complexity index is 572. The molecule has 1 aromatic carbocycles. The second-order valence-electron chi connectivity index (χ2n) is 4.28. The van der Waals surface area contributed by atoms with Crippen LogP contribution in [0.3, 0.4) is 0 Å². The number of carbonyl (C=O) groups is 1. The van der Waals surface area contributed by atoms with Gasteiger partial charge in [0.05, 0.1) is 4.92 Å². The number of rotatable bonds is 2. The van der Waals surface area contributed by atoms with Crippen LogP contribution in [0.1, 0.15) is 5.56 Å². The molecule has 9 heteroatoms. The highest BCUT2D eigenvalue weighted by molar-refractivity contribution is 5.72. The van der Waals surface area contributed by atoms with Gasteiger partial charge in [0.15, 0.2) is 0 Å². The SMILES string of the molecule is O=C(O)[C@@H]1Cc2cc([N+](=O)[O-])ccc2O[C@@H]1C(F)(F)F. The number of hydrogen-bond acceptors (Lipinski definition) is 4. The van der Waals surface area contributed by atoms with Crippen LogP contribution in [-0.2, 0) is 11.2 Å². The number of alkyl halides is 3. The summed E-state index contributed by atoms with van der Waals surface area (Å²) in [5.74, 6) is -3.68. The van der Waals surface area contributed by atoms with Gasteiger partial charge in [0.25, 0.3) is 5.69 Å². The van der Waals surface area contributed by atoms with Crippen molar-refractivity contribution in [2.75, 3.05) is 0 Å². The number of nitrogens with zero attached hydrogens (tertiary/aromatic N) is 1. The lowest BCUT2D eigenvalue weighted by Crippen LogP contribution is -2.47. The fraction of sp³-hybridized carbons (Fsp3) is 0.364. The predicted octanol–water partition coefficient (Wildman–Crippen LogP) is 2.16. The molecular weight excluding hydrogens is 283 g/mol. The van der Waals surface area contributed by atoms with E-state index in [1.54, 1.807) is 0 Å². The Morgan fingerprint density at radius 3 is 2.60 bits per heavy atom. The molecule has 1 aliphatic rings. The summed E-state index contributed by atoms with van der Waals surface area (Å²) in [7, 11) is 0. The molecule has 0 aliphatic carbocycles. The van der Waals surface area contributed by atoms with Crippen molar-refractivity contribution >= 4 is 11.7 Å². The van der Waals surface area contributed by atoms with Gasteiger partial charge in [-0.25, -0.2) is 0 Å². The highest BCUT2D eigenvalue weighted by atomic mass is 19.4. The second-order valence-corrected chi connectivity index (χ2v) is 4.28. The first-order chi connectivity index (χ1) is 9.20. The third kappa shape index (κ3) is 2.51. The van der Waals surface area contributed by atoms with Crippen LogP contribution in [-0.4, -0.2) is 28.3 Å². The van der Waals surface area contributed by atoms with E-state index in [1.165, 1.54) is 0 Å². The monoisotopic (exact) mass is 291 g/mol. The molecule has 0 radical (unpaired) electrons. The summed E-state index contributed by atoms with van der Waals surface area (Å²) < 4.78 is 42.9. The van der Waals surface area contributed by atoms with Gasteiger partial charge in [-0.1, -0.05) is 0 Å². The molecule has 20 heavy (non-hydrogen) atoms. The average Bonchev–Trinajstić information content (AvgIpc) is 2.35. The molecule has 1 N–H and O–H groups in total. The van der Waals surface area contributed by atoms with Gasteiger partial charge in [-0.2, -0.15) is 13.2 Å². The average molecular weight is 291 g/mol. The lowest BCUT2D eigenvalue weighted by atomic mass is 9.90. The van der Waals surface area contributed by atoms with Gasteiger partial charge in [-0.3, -0.25) is 14.9 Å². The van der Waals surface area contributed by atoms with E-state index < -0.39 is 35.5 Å². The number of non-ortho nitro benzene ring substituents is 1. The van der Waals surface area contributed by atoms with Gasteiger partial charge in [0.1, 0.15) is 11.7 Å². The normalized spacial score (nSPS) is 21.8. The molecule has 1 aromatic rings. The van der Waals surface area contributed by atoms with E-state index in [0.29, 0.717) is 0 Å². The van der Waals surface area contributed by atoms with Gasteiger partial charge in [-0.15, -0.1) is 0 Å². The van der Waals surface area contributed by atoms with E-state index in [9.17, 15) is 28.1 Å². The topological polar surface area (TPSA) is 89.7 Å². The minimum atomic E-state index is -4.83. The number of benzene rings is 1. The Morgan fingerprint density at radius 1 is 1.45 bits per heavy atom.